The third-order valence-electron chi connectivity index (χ3n) is 7.42. The predicted octanol–water partition coefficient (Wildman–Crippen LogP) is 8.71. The molecule has 0 fully saturated rings. The molecular formula is C37H35FN2O6. The highest BCUT2D eigenvalue weighted by Gasteiger charge is 2.26. The number of ketones is 1. The number of ether oxygens (including phenoxy) is 1. The smallest absolute Gasteiger partial charge is 0.305 e. The Morgan fingerprint density at radius 1 is 0.891 bits per heavy atom. The number of hydrogen-bond donors (Lipinski definition) is 3. The van der Waals surface area contributed by atoms with Gasteiger partial charge in [0, 0.05) is 58.4 Å². The Hall–Kier alpha value is -5.44. The first kappa shape index (κ1) is 32.0. The molecule has 0 saturated carbocycles. The summed E-state index contributed by atoms with van der Waals surface area (Å²) in [7, 11) is 0. The highest BCUT2D eigenvalue weighted by atomic mass is 19.1. The average molecular weight is 623 g/mol. The molecule has 0 saturated heterocycles. The molecule has 0 bridgehead atoms. The first-order valence-electron chi connectivity index (χ1n) is 15.0. The van der Waals surface area contributed by atoms with Gasteiger partial charge in [-0.15, -0.1) is 0 Å². The summed E-state index contributed by atoms with van der Waals surface area (Å²) in [5, 5.41) is 16.0. The molecule has 9 heteroatoms. The van der Waals surface area contributed by atoms with Crippen LogP contribution < -0.4 is 15.4 Å². The van der Waals surface area contributed by atoms with Crippen molar-refractivity contribution in [2.45, 2.75) is 46.1 Å². The Morgan fingerprint density at radius 3 is 2.30 bits per heavy atom. The van der Waals surface area contributed by atoms with Crippen molar-refractivity contribution in [1.29, 1.82) is 0 Å². The van der Waals surface area contributed by atoms with Gasteiger partial charge in [-0.1, -0.05) is 25.1 Å². The number of aliphatic carboxylic acids is 1. The lowest BCUT2D eigenvalue weighted by Gasteiger charge is -2.24. The number of nitrogens with one attached hydrogen (secondary N) is 2. The van der Waals surface area contributed by atoms with Crippen LogP contribution in [0.1, 0.15) is 61.3 Å². The second kappa shape index (κ2) is 13.3. The predicted molar refractivity (Wildman–Crippen MR) is 176 cm³/mol. The van der Waals surface area contributed by atoms with Crippen LogP contribution in [0.25, 0.3) is 33.4 Å². The molecule has 1 aromatic heterocycles. The molecule has 0 radical (unpaired) electrons. The monoisotopic (exact) mass is 622 g/mol. The van der Waals surface area contributed by atoms with Gasteiger partial charge in [0.2, 0.25) is 0 Å². The summed E-state index contributed by atoms with van der Waals surface area (Å²) in [4.78, 5) is 37.8. The molecule has 0 atom stereocenters. The fourth-order valence-electron chi connectivity index (χ4n) is 5.35. The summed E-state index contributed by atoms with van der Waals surface area (Å²) >= 11 is 0. The van der Waals surface area contributed by atoms with Crippen LogP contribution in [0.4, 0.5) is 10.1 Å². The quantitative estimate of drug-likeness (QED) is 0.119. The number of furan rings is 1. The van der Waals surface area contributed by atoms with Crippen LogP contribution >= 0.6 is 0 Å². The van der Waals surface area contributed by atoms with Gasteiger partial charge in [0.05, 0.1) is 12.0 Å². The Morgan fingerprint density at radius 2 is 1.63 bits per heavy atom. The maximum absolute atomic E-state index is 13.6. The van der Waals surface area contributed by atoms with Crippen molar-refractivity contribution in [2.75, 3.05) is 11.9 Å². The number of halogens is 1. The second-order valence-electron chi connectivity index (χ2n) is 11.6. The number of carboxylic acid groups (broad SMARTS) is 1. The first-order valence-corrected chi connectivity index (χ1v) is 15.0. The van der Waals surface area contributed by atoms with Crippen molar-refractivity contribution in [3.05, 3.63) is 102 Å². The Balaban J connectivity index is 1.55. The molecule has 5 rings (SSSR count). The van der Waals surface area contributed by atoms with Crippen LogP contribution in [-0.4, -0.2) is 34.8 Å². The standard InChI is InChI=1S/C37H35FN2O6/c1-5-31(41)34-29-19-28(23-9-7-10-24(17-23)36(44)40-37(3,4)21-33(42)43)30(39-6-2)20-32(29)46-35(34)22-13-15-26(16-14-22)45-27-12-8-11-25(38)18-27/h7-20,39H,5-6,21H2,1-4H3,(H,40,44)(H,42,43). The summed E-state index contributed by atoms with van der Waals surface area (Å²) in [5.41, 5.74) is 3.34. The minimum Gasteiger partial charge on any atom is -0.481 e. The van der Waals surface area contributed by atoms with E-state index in [1.165, 1.54) is 12.1 Å². The molecule has 8 nitrogen and oxygen atoms in total. The van der Waals surface area contributed by atoms with E-state index in [2.05, 4.69) is 10.6 Å². The molecular weight excluding hydrogens is 587 g/mol. The molecule has 0 unspecified atom stereocenters. The lowest BCUT2D eigenvalue weighted by molar-refractivity contribution is -0.138. The van der Waals surface area contributed by atoms with E-state index >= 15 is 0 Å². The molecule has 3 N–H and O–H groups in total. The van der Waals surface area contributed by atoms with Gasteiger partial charge in [0.15, 0.2) is 5.78 Å². The van der Waals surface area contributed by atoms with Crippen molar-refractivity contribution in [3.8, 4) is 33.9 Å². The summed E-state index contributed by atoms with van der Waals surface area (Å²) in [6, 6.07) is 23.7. The molecule has 0 aliphatic rings. The number of benzene rings is 4. The van der Waals surface area contributed by atoms with Crippen LogP contribution in [-0.2, 0) is 4.79 Å². The zero-order valence-electron chi connectivity index (χ0n) is 26.1. The Kier molecular flexibility index (Phi) is 9.23. The van der Waals surface area contributed by atoms with E-state index in [0.29, 0.717) is 51.5 Å². The van der Waals surface area contributed by atoms with E-state index in [9.17, 15) is 23.9 Å². The maximum Gasteiger partial charge on any atom is 0.305 e. The Bertz CT molecular complexity index is 1930. The van der Waals surface area contributed by atoms with Gasteiger partial charge in [0.1, 0.15) is 28.7 Å². The zero-order chi connectivity index (χ0) is 33.0. The highest BCUT2D eigenvalue weighted by molar-refractivity contribution is 6.13. The molecule has 4 aromatic carbocycles. The van der Waals surface area contributed by atoms with Gasteiger partial charge >= 0.3 is 5.97 Å². The van der Waals surface area contributed by atoms with Gasteiger partial charge in [-0.25, -0.2) is 4.39 Å². The van der Waals surface area contributed by atoms with E-state index in [4.69, 9.17) is 9.15 Å². The van der Waals surface area contributed by atoms with Crippen LogP contribution in [0.15, 0.2) is 89.3 Å². The van der Waals surface area contributed by atoms with E-state index in [1.807, 2.05) is 25.1 Å². The van der Waals surface area contributed by atoms with E-state index in [1.54, 1.807) is 75.4 Å². The summed E-state index contributed by atoms with van der Waals surface area (Å²) in [6.07, 6.45) is 0.0357. The number of carbonyl (C=O) groups excluding carboxylic acids is 2. The van der Waals surface area contributed by atoms with Crippen molar-refractivity contribution < 1.29 is 33.0 Å². The average Bonchev–Trinajstić information content (AvgIpc) is 3.38. The van der Waals surface area contributed by atoms with Crippen molar-refractivity contribution >= 4 is 34.3 Å². The van der Waals surface area contributed by atoms with Gasteiger partial charge in [-0.05, 0) is 80.9 Å². The van der Waals surface area contributed by atoms with E-state index in [-0.39, 0.29) is 18.6 Å². The summed E-state index contributed by atoms with van der Waals surface area (Å²) in [6.45, 7) is 7.70. The van der Waals surface area contributed by atoms with Crippen LogP contribution in [0.3, 0.4) is 0 Å². The molecule has 46 heavy (non-hydrogen) atoms. The number of fused-ring (bicyclic) bond motifs is 1. The third kappa shape index (κ3) is 7.10. The summed E-state index contributed by atoms with van der Waals surface area (Å²) < 4.78 is 25.7. The number of carbonyl (C=O) groups is 3. The number of rotatable bonds is 12. The van der Waals surface area contributed by atoms with Crippen LogP contribution in [0, 0.1) is 5.82 Å². The highest BCUT2D eigenvalue weighted by Crippen LogP contribution is 2.41. The molecule has 236 valence electrons. The maximum atomic E-state index is 13.6. The van der Waals surface area contributed by atoms with Gasteiger partial charge < -0.3 is 24.9 Å². The number of carboxylic acids is 1. The lowest BCUT2D eigenvalue weighted by Crippen LogP contribution is -2.44. The lowest BCUT2D eigenvalue weighted by atomic mass is 9.95. The van der Waals surface area contributed by atoms with Crippen molar-refractivity contribution in [3.63, 3.8) is 0 Å². The summed E-state index contributed by atoms with van der Waals surface area (Å²) in [5.74, 6) is -0.597. The molecule has 0 aliphatic heterocycles. The minimum absolute atomic E-state index is 0.0928. The van der Waals surface area contributed by atoms with Crippen molar-refractivity contribution in [2.24, 2.45) is 0 Å². The zero-order valence-corrected chi connectivity index (χ0v) is 26.1. The first-order chi connectivity index (χ1) is 22.0. The number of anilines is 1. The Labute approximate surface area is 266 Å². The number of hydrogen-bond acceptors (Lipinski definition) is 6. The van der Waals surface area contributed by atoms with Crippen LogP contribution in [0.5, 0.6) is 11.5 Å². The SMILES string of the molecule is CCNc1cc2oc(-c3ccc(Oc4cccc(F)c4)cc3)c(C(=O)CC)c2cc1-c1cccc(C(=O)NC(C)(C)CC(=O)O)c1. The number of Topliss-reactive ketones (excluding diaryl/α,β-unsaturated/α-hetero) is 1. The van der Waals surface area contributed by atoms with Crippen LogP contribution in [0.2, 0.25) is 0 Å². The van der Waals surface area contributed by atoms with Gasteiger partial charge in [-0.3, -0.25) is 14.4 Å². The fourth-order valence-corrected chi connectivity index (χ4v) is 5.35. The molecule has 0 aliphatic carbocycles. The second-order valence-corrected chi connectivity index (χ2v) is 11.6. The fraction of sp³-hybridized carbons (Fsp3) is 0.216. The topological polar surface area (TPSA) is 118 Å². The van der Waals surface area contributed by atoms with Crippen molar-refractivity contribution in [1.82, 2.24) is 5.32 Å². The van der Waals surface area contributed by atoms with Gasteiger partial charge in [0.25, 0.3) is 5.91 Å². The van der Waals surface area contributed by atoms with Gasteiger partial charge in [-0.2, -0.15) is 0 Å². The largest absolute Gasteiger partial charge is 0.481 e. The molecule has 5 aromatic rings. The van der Waals surface area contributed by atoms with E-state index in [0.717, 1.165) is 16.8 Å². The number of amides is 1. The molecule has 1 heterocycles. The molecule has 0 spiro atoms. The normalized spacial score (nSPS) is 11.3. The minimum atomic E-state index is -1.01. The molecule has 1 amide bonds. The third-order valence-corrected chi connectivity index (χ3v) is 7.42. The van der Waals surface area contributed by atoms with E-state index < -0.39 is 23.2 Å².